The van der Waals surface area contributed by atoms with Crippen molar-refractivity contribution in [3.63, 3.8) is 0 Å². The van der Waals surface area contributed by atoms with E-state index in [1.807, 2.05) is 12.1 Å². The van der Waals surface area contributed by atoms with Crippen LogP contribution < -0.4 is 10.6 Å². The van der Waals surface area contributed by atoms with Crippen LogP contribution in [0.4, 0.5) is 5.69 Å². The molecule has 1 aromatic carbocycles. The molecule has 1 unspecified atom stereocenters. The van der Waals surface area contributed by atoms with Crippen LogP contribution >= 0.6 is 11.6 Å². The molecular formula is C15H21ClN4. The van der Waals surface area contributed by atoms with Gasteiger partial charge in [0.1, 0.15) is 5.84 Å². The van der Waals surface area contributed by atoms with Gasteiger partial charge in [-0.05, 0) is 37.6 Å². The topological polar surface area (TPSA) is 56.4 Å². The van der Waals surface area contributed by atoms with Gasteiger partial charge in [0.15, 0.2) is 0 Å². The van der Waals surface area contributed by atoms with Gasteiger partial charge in [-0.25, -0.2) is 0 Å². The van der Waals surface area contributed by atoms with Crippen molar-refractivity contribution < 1.29 is 0 Å². The lowest BCUT2D eigenvalue weighted by Gasteiger charge is -2.45. The average Bonchev–Trinajstić information content (AvgIpc) is 2.46. The van der Waals surface area contributed by atoms with Crippen molar-refractivity contribution in [1.82, 2.24) is 4.90 Å². The number of amidine groups is 1. The number of anilines is 1. The molecule has 2 aliphatic heterocycles. The van der Waals surface area contributed by atoms with E-state index in [-0.39, 0.29) is 5.84 Å². The lowest BCUT2D eigenvalue weighted by molar-refractivity contribution is 0.133. The normalized spacial score (nSPS) is 23.4. The second kappa shape index (κ2) is 5.62. The first-order chi connectivity index (χ1) is 9.65. The second-order valence-corrected chi connectivity index (χ2v) is 6.14. The first-order valence-corrected chi connectivity index (χ1v) is 7.66. The number of hydrogen-bond donors (Lipinski definition) is 2. The van der Waals surface area contributed by atoms with Crippen molar-refractivity contribution in [3.8, 4) is 0 Å². The molecule has 1 atom stereocenters. The van der Waals surface area contributed by atoms with Crippen LogP contribution in [0.1, 0.15) is 24.8 Å². The van der Waals surface area contributed by atoms with E-state index in [4.69, 9.17) is 22.7 Å². The monoisotopic (exact) mass is 292 g/mol. The van der Waals surface area contributed by atoms with E-state index in [1.54, 1.807) is 6.07 Å². The van der Waals surface area contributed by atoms with Crippen LogP contribution in [0.15, 0.2) is 18.2 Å². The summed E-state index contributed by atoms with van der Waals surface area (Å²) in [7, 11) is 0. The molecule has 20 heavy (non-hydrogen) atoms. The predicted octanol–water partition coefficient (Wildman–Crippen LogP) is 2.30. The largest absolute Gasteiger partial charge is 0.384 e. The van der Waals surface area contributed by atoms with E-state index in [0.29, 0.717) is 11.1 Å². The van der Waals surface area contributed by atoms with E-state index in [9.17, 15) is 0 Å². The van der Waals surface area contributed by atoms with Crippen molar-refractivity contribution in [1.29, 1.82) is 5.41 Å². The fraction of sp³-hybridized carbons (Fsp3) is 0.533. The third kappa shape index (κ3) is 2.63. The Hall–Kier alpha value is -1.26. The number of nitrogens with two attached hydrogens (primary N) is 1. The summed E-state index contributed by atoms with van der Waals surface area (Å²) in [6.07, 6.45) is 3.92. The number of benzene rings is 1. The molecule has 0 aliphatic carbocycles. The van der Waals surface area contributed by atoms with E-state index in [2.05, 4.69) is 9.80 Å². The van der Waals surface area contributed by atoms with Crippen LogP contribution in [0.5, 0.6) is 0 Å². The van der Waals surface area contributed by atoms with Crippen molar-refractivity contribution in [2.75, 3.05) is 31.1 Å². The molecule has 108 valence electrons. The van der Waals surface area contributed by atoms with Crippen LogP contribution in [0.25, 0.3) is 0 Å². The highest BCUT2D eigenvalue weighted by atomic mass is 35.5. The SMILES string of the molecule is N=C(N)c1ccc(Cl)cc1N1CCN2CCCCC2C1. The molecular weight excluding hydrogens is 272 g/mol. The third-order valence-corrected chi connectivity index (χ3v) is 4.66. The summed E-state index contributed by atoms with van der Waals surface area (Å²) in [6, 6.07) is 6.24. The molecule has 0 amide bonds. The maximum absolute atomic E-state index is 7.75. The van der Waals surface area contributed by atoms with Gasteiger partial charge in [-0.2, -0.15) is 0 Å². The maximum atomic E-state index is 7.75. The highest BCUT2D eigenvalue weighted by Gasteiger charge is 2.29. The summed E-state index contributed by atoms with van der Waals surface area (Å²) in [5.74, 6) is 0.114. The second-order valence-electron chi connectivity index (χ2n) is 5.71. The predicted molar refractivity (Wildman–Crippen MR) is 83.9 cm³/mol. The molecule has 3 N–H and O–H groups in total. The number of hydrogen-bond acceptors (Lipinski definition) is 3. The molecule has 2 heterocycles. The molecule has 2 saturated heterocycles. The maximum Gasteiger partial charge on any atom is 0.124 e. The molecule has 3 rings (SSSR count). The zero-order valence-corrected chi connectivity index (χ0v) is 12.4. The van der Waals surface area contributed by atoms with Crippen LogP contribution in [0.3, 0.4) is 0 Å². The molecule has 0 saturated carbocycles. The van der Waals surface area contributed by atoms with Crippen molar-refractivity contribution in [2.24, 2.45) is 5.73 Å². The summed E-state index contributed by atoms with van der Waals surface area (Å²) >= 11 is 6.13. The zero-order valence-electron chi connectivity index (χ0n) is 11.6. The number of nitrogens with one attached hydrogen (secondary N) is 1. The molecule has 2 aliphatic rings. The lowest BCUT2D eigenvalue weighted by atomic mass is 9.98. The number of fused-ring (bicyclic) bond motifs is 1. The van der Waals surface area contributed by atoms with E-state index in [1.165, 1.54) is 25.8 Å². The Morgan fingerprint density at radius 1 is 1.25 bits per heavy atom. The number of nitrogen functional groups attached to an aromatic ring is 1. The number of nitrogens with zero attached hydrogens (tertiary/aromatic N) is 2. The fourth-order valence-corrected chi connectivity index (χ4v) is 3.54. The van der Waals surface area contributed by atoms with Gasteiger partial charge < -0.3 is 10.6 Å². The van der Waals surface area contributed by atoms with Gasteiger partial charge in [-0.3, -0.25) is 10.3 Å². The molecule has 0 bridgehead atoms. The van der Waals surface area contributed by atoms with Crippen LogP contribution in [0.2, 0.25) is 5.02 Å². The first kappa shape index (κ1) is 13.7. The summed E-state index contributed by atoms with van der Waals surface area (Å²) in [5, 5.41) is 8.45. The highest BCUT2D eigenvalue weighted by Crippen LogP contribution is 2.29. The Morgan fingerprint density at radius 3 is 2.90 bits per heavy atom. The number of piperazine rings is 1. The molecule has 1 aromatic rings. The minimum Gasteiger partial charge on any atom is -0.384 e. The summed E-state index contributed by atoms with van der Waals surface area (Å²) in [5.41, 5.74) is 7.51. The molecule has 5 heteroatoms. The van der Waals surface area contributed by atoms with Gasteiger partial charge >= 0.3 is 0 Å². The Bertz CT molecular complexity index is 517. The number of rotatable bonds is 2. The average molecular weight is 293 g/mol. The Labute approximate surface area is 125 Å². The van der Waals surface area contributed by atoms with Gasteiger partial charge in [0.25, 0.3) is 0 Å². The molecule has 0 radical (unpaired) electrons. The Kier molecular flexibility index (Phi) is 3.85. The van der Waals surface area contributed by atoms with Gasteiger partial charge in [-0.15, -0.1) is 0 Å². The van der Waals surface area contributed by atoms with Gasteiger partial charge in [0.2, 0.25) is 0 Å². The van der Waals surface area contributed by atoms with Crippen LogP contribution in [-0.2, 0) is 0 Å². The van der Waals surface area contributed by atoms with Gasteiger partial charge in [-0.1, -0.05) is 18.0 Å². The molecule has 4 nitrogen and oxygen atoms in total. The highest BCUT2D eigenvalue weighted by molar-refractivity contribution is 6.31. The van der Waals surface area contributed by atoms with Crippen molar-refractivity contribution in [3.05, 3.63) is 28.8 Å². The summed E-state index contributed by atoms with van der Waals surface area (Å²) < 4.78 is 0. The van der Waals surface area contributed by atoms with E-state index < -0.39 is 0 Å². The fourth-order valence-electron chi connectivity index (χ4n) is 3.37. The summed E-state index contributed by atoms with van der Waals surface area (Å²) in [4.78, 5) is 4.94. The van der Waals surface area contributed by atoms with Gasteiger partial charge in [0.05, 0.1) is 0 Å². The molecule has 0 spiro atoms. The van der Waals surface area contributed by atoms with Gasteiger partial charge in [0, 0.05) is 41.9 Å². The first-order valence-electron chi connectivity index (χ1n) is 7.28. The third-order valence-electron chi connectivity index (χ3n) is 4.43. The van der Waals surface area contributed by atoms with E-state index >= 15 is 0 Å². The number of piperidine rings is 1. The standard InChI is InChI=1S/C15H21ClN4/c16-11-4-5-13(15(17)18)14(9-11)20-8-7-19-6-2-1-3-12(19)10-20/h4-5,9,12H,1-3,6-8,10H2,(H3,17,18). The lowest BCUT2D eigenvalue weighted by Crippen LogP contribution is -2.55. The Balaban J connectivity index is 1.85. The minimum atomic E-state index is 0.114. The minimum absolute atomic E-state index is 0.114. The van der Waals surface area contributed by atoms with E-state index in [0.717, 1.165) is 30.9 Å². The van der Waals surface area contributed by atoms with Crippen LogP contribution in [-0.4, -0.2) is 43.0 Å². The number of halogens is 1. The smallest absolute Gasteiger partial charge is 0.124 e. The molecule has 0 aromatic heterocycles. The quantitative estimate of drug-likeness (QED) is 0.649. The van der Waals surface area contributed by atoms with Crippen LogP contribution in [0, 0.1) is 5.41 Å². The molecule has 2 fully saturated rings. The van der Waals surface area contributed by atoms with Crippen molar-refractivity contribution in [2.45, 2.75) is 25.3 Å². The van der Waals surface area contributed by atoms with Crippen molar-refractivity contribution >= 4 is 23.1 Å². The summed E-state index contributed by atoms with van der Waals surface area (Å²) in [6.45, 7) is 4.32. The Morgan fingerprint density at radius 2 is 2.10 bits per heavy atom. The zero-order chi connectivity index (χ0) is 14.1.